The molecule has 4 aliphatic rings. The van der Waals surface area contributed by atoms with Crippen molar-refractivity contribution in [1.82, 2.24) is 5.32 Å². The van der Waals surface area contributed by atoms with Gasteiger partial charge in [-0.05, 0) is 108 Å². The van der Waals surface area contributed by atoms with E-state index in [1.807, 2.05) is 19.9 Å². The number of aliphatic hydroxyl groups is 8. The Balaban J connectivity index is 1.25. The monoisotopic (exact) mass is 1140 g/mol. The quantitative estimate of drug-likeness (QED) is 0.0204. The van der Waals surface area contributed by atoms with E-state index in [1.54, 1.807) is 6.08 Å². The average Bonchev–Trinajstić information content (AvgIpc) is 4.42. The molecule has 0 spiro atoms. The molecule has 4 rings (SSSR count). The molecule has 2 aliphatic carbocycles. The zero-order valence-electron chi connectivity index (χ0n) is 50.4. The summed E-state index contributed by atoms with van der Waals surface area (Å²) in [5.74, 6) is 3.06. The number of hydrogen-bond acceptors (Lipinski definition) is 14. The normalized spacial score (nSPS) is 29.8. The number of carbonyl (C=O) groups excluding carboxylic acids is 1. The molecule has 2 heterocycles. The summed E-state index contributed by atoms with van der Waals surface area (Å²) in [5, 5.41) is 88.9. The van der Waals surface area contributed by atoms with Crippen molar-refractivity contribution in [3.8, 4) is 0 Å². The van der Waals surface area contributed by atoms with E-state index in [-0.39, 0.29) is 19.6 Å². The number of allylic oxidation sites excluding steroid dienone is 5. The van der Waals surface area contributed by atoms with Crippen LogP contribution in [-0.4, -0.2) is 153 Å². The van der Waals surface area contributed by atoms with Gasteiger partial charge < -0.3 is 69.9 Å². The molecule has 15 nitrogen and oxygen atoms in total. The maximum absolute atomic E-state index is 13.6. The zero-order chi connectivity index (χ0) is 57.9. The molecule has 0 radical (unpaired) electrons. The van der Waals surface area contributed by atoms with Crippen LogP contribution in [-0.2, 0) is 28.5 Å². The number of nitrogens with one attached hydrogen (secondary N) is 1. The fourth-order valence-electron chi connectivity index (χ4n) is 11.8. The van der Waals surface area contributed by atoms with Crippen molar-refractivity contribution in [3.05, 3.63) is 36.0 Å². The van der Waals surface area contributed by atoms with Gasteiger partial charge in [-0.25, -0.2) is 0 Å². The average molecular weight is 1140 g/mol. The van der Waals surface area contributed by atoms with Gasteiger partial charge in [0.25, 0.3) is 0 Å². The van der Waals surface area contributed by atoms with Crippen molar-refractivity contribution in [2.24, 2.45) is 23.7 Å². The summed E-state index contributed by atoms with van der Waals surface area (Å²) < 4.78 is 29.6. The van der Waals surface area contributed by atoms with Crippen LogP contribution in [0.3, 0.4) is 0 Å². The summed E-state index contributed by atoms with van der Waals surface area (Å²) >= 11 is 0. The van der Waals surface area contributed by atoms with Crippen LogP contribution in [0.4, 0.5) is 0 Å². The van der Waals surface area contributed by atoms with E-state index in [2.05, 4.69) is 37.4 Å². The molecule has 4 fully saturated rings. The summed E-state index contributed by atoms with van der Waals surface area (Å²) in [6, 6.07) is -1.00. The highest BCUT2D eigenvalue weighted by atomic mass is 16.7. The van der Waals surface area contributed by atoms with Gasteiger partial charge in [-0.3, -0.25) is 4.79 Å². The third-order valence-corrected chi connectivity index (χ3v) is 17.4. The Morgan fingerprint density at radius 1 is 0.537 bits per heavy atom. The Morgan fingerprint density at radius 3 is 1.54 bits per heavy atom. The van der Waals surface area contributed by atoms with Crippen LogP contribution < -0.4 is 5.32 Å². The molecular formula is C65H117NO14. The van der Waals surface area contributed by atoms with Gasteiger partial charge in [-0.1, -0.05) is 191 Å². The molecule has 9 N–H and O–H groups in total. The molecule has 0 aromatic heterocycles. The molecule has 1 amide bonds. The highest BCUT2D eigenvalue weighted by Crippen LogP contribution is 2.46. The number of carbonyl (C=O) groups is 1. The van der Waals surface area contributed by atoms with Crippen molar-refractivity contribution in [3.63, 3.8) is 0 Å². The van der Waals surface area contributed by atoms with Crippen molar-refractivity contribution in [2.75, 3.05) is 26.4 Å². The fraction of sp³-hybridized carbons (Fsp3) is 0.892. The van der Waals surface area contributed by atoms with Crippen LogP contribution in [0.2, 0.25) is 0 Å². The van der Waals surface area contributed by atoms with Gasteiger partial charge >= 0.3 is 0 Å². The smallest absolute Gasteiger partial charge is 0.249 e. The van der Waals surface area contributed by atoms with E-state index in [9.17, 15) is 45.6 Å². The first kappa shape index (κ1) is 70.7. The van der Waals surface area contributed by atoms with Gasteiger partial charge in [-0.2, -0.15) is 0 Å². The van der Waals surface area contributed by atoms with Crippen molar-refractivity contribution in [1.29, 1.82) is 0 Å². The van der Waals surface area contributed by atoms with E-state index in [4.69, 9.17) is 23.7 Å². The van der Waals surface area contributed by atoms with Gasteiger partial charge in [0.15, 0.2) is 12.6 Å². The number of hydrogen-bond donors (Lipinski definition) is 9. The second kappa shape index (κ2) is 42.1. The Labute approximate surface area is 484 Å². The second-order valence-corrected chi connectivity index (χ2v) is 24.7. The minimum Gasteiger partial charge on any atom is -0.394 e. The van der Waals surface area contributed by atoms with E-state index in [0.717, 1.165) is 54.9 Å². The minimum absolute atomic E-state index is 0.0453. The number of aliphatic hydroxyl groups excluding tert-OH is 8. The Bertz CT molecular complexity index is 1660. The second-order valence-electron chi connectivity index (χ2n) is 24.7. The molecule has 0 aromatic rings. The topological polar surface area (TPSA) is 237 Å². The van der Waals surface area contributed by atoms with Crippen molar-refractivity contribution >= 4 is 5.91 Å². The molecule has 0 aromatic carbocycles. The van der Waals surface area contributed by atoms with Crippen LogP contribution in [0.5, 0.6) is 0 Å². The maximum Gasteiger partial charge on any atom is 0.249 e. The zero-order valence-corrected chi connectivity index (χ0v) is 50.4. The molecule has 0 bridgehead atoms. The van der Waals surface area contributed by atoms with Crippen molar-refractivity contribution in [2.45, 2.75) is 319 Å². The van der Waals surface area contributed by atoms with Crippen LogP contribution in [0.25, 0.3) is 0 Å². The first-order valence-electron chi connectivity index (χ1n) is 32.6. The lowest BCUT2D eigenvalue weighted by molar-refractivity contribution is -0.334. The van der Waals surface area contributed by atoms with Gasteiger partial charge in [0.05, 0.1) is 38.6 Å². The molecule has 80 heavy (non-hydrogen) atoms. The minimum atomic E-state index is -1.71. The highest BCUT2D eigenvalue weighted by Gasteiger charge is 2.49. The SMILES string of the molecule is CCCCCCCCCCC1CC1CCCC/C=C\CCCC(O)C(COC1OC(COC2OC(CO)C(O)C(O)C2O)C(O)C(O)C1OCC=C(C)C)NC(=O)C(O)CC/C=C\CCCCC1CC1CCCCCCCCCC. The predicted octanol–water partition coefficient (Wildman–Crippen LogP) is 10.3. The lowest BCUT2D eigenvalue weighted by Gasteiger charge is -2.44. The summed E-state index contributed by atoms with van der Waals surface area (Å²) in [6.45, 7) is 6.88. The number of unbranched alkanes of at least 4 members (excludes halogenated alkanes) is 19. The van der Waals surface area contributed by atoms with Gasteiger partial charge in [0, 0.05) is 0 Å². The van der Waals surface area contributed by atoms with Crippen LogP contribution in [0, 0.1) is 23.7 Å². The highest BCUT2D eigenvalue weighted by molar-refractivity contribution is 5.80. The number of rotatable bonds is 48. The molecule has 2 saturated heterocycles. The van der Waals surface area contributed by atoms with E-state index in [0.29, 0.717) is 19.3 Å². The predicted molar refractivity (Wildman–Crippen MR) is 315 cm³/mol. The number of ether oxygens (including phenoxy) is 5. The van der Waals surface area contributed by atoms with E-state index >= 15 is 0 Å². The summed E-state index contributed by atoms with van der Waals surface area (Å²) in [6.07, 6.45) is 32.5. The lowest BCUT2D eigenvalue weighted by atomic mass is 9.98. The van der Waals surface area contributed by atoms with E-state index in [1.165, 1.54) is 161 Å². The molecule has 2 saturated carbocycles. The Morgan fingerprint density at radius 2 is 1.01 bits per heavy atom. The van der Waals surface area contributed by atoms with Gasteiger partial charge in [0.1, 0.15) is 54.9 Å². The Hall–Kier alpha value is -1.83. The van der Waals surface area contributed by atoms with E-state index < -0.39 is 98.8 Å². The molecule has 2 aliphatic heterocycles. The first-order chi connectivity index (χ1) is 38.8. The third-order valence-electron chi connectivity index (χ3n) is 17.4. The summed E-state index contributed by atoms with van der Waals surface area (Å²) in [5.41, 5.74) is 0.946. The Kier molecular flexibility index (Phi) is 37.2. The standard InChI is InChI=1S/C65H117NO14/c1-5-7-9-11-13-16-22-28-34-48-42-50(48)36-30-24-18-15-19-26-32-38-53(68)52(66-63(75)54(69)39-33-27-21-20-25-31-37-51-43-49(51)35-29-23-17-14-12-10-8-6-2)45-77-65-62(76-41-40-47(3)4)60(73)58(71)56(80-65)46-78-64-61(74)59(72)57(70)55(44-67)79-64/h15,19,21,27,40,48-62,64-65,67-74H,5-14,16-18,20,22-26,28-39,41-46H2,1-4H3,(H,66,75)/b19-15-,27-21-. The molecule has 466 valence electrons. The van der Waals surface area contributed by atoms with Crippen LogP contribution >= 0.6 is 0 Å². The van der Waals surface area contributed by atoms with Crippen LogP contribution in [0.1, 0.15) is 240 Å². The summed E-state index contributed by atoms with van der Waals surface area (Å²) in [7, 11) is 0. The summed E-state index contributed by atoms with van der Waals surface area (Å²) in [4.78, 5) is 13.6. The largest absolute Gasteiger partial charge is 0.394 e. The fourth-order valence-corrected chi connectivity index (χ4v) is 11.8. The third kappa shape index (κ3) is 28.4. The molecule has 15 heteroatoms. The number of amides is 1. The molecule has 17 atom stereocenters. The van der Waals surface area contributed by atoms with Crippen molar-refractivity contribution < 1.29 is 69.3 Å². The van der Waals surface area contributed by atoms with Gasteiger partial charge in [-0.15, -0.1) is 0 Å². The molecular weight excluding hydrogens is 1020 g/mol. The first-order valence-corrected chi connectivity index (χ1v) is 32.6. The van der Waals surface area contributed by atoms with Crippen LogP contribution in [0.15, 0.2) is 36.0 Å². The molecule has 17 unspecified atom stereocenters. The maximum atomic E-state index is 13.6. The van der Waals surface area contributed by atoms with Gasteiger partial charge in [0.2, 0.25) is 5.91 Å². The lowest BCUT2D eigenvalue weighted by Crippen LogP contribution is -2.62.